The molecular weight excluding hydrogens is 250 g/mol. The van der Waals surface area contributed by atoms with E-state index in [-0.39, 0.29) is 6.61 Å². The number of hydrogen-bond donors (Lipinski definition) is 2. The maximum atomic E-state index is 8.88. The van der Waals surface area contributed by atoms with Crippen molar-refractivity contribution in [3.8, 4) is 0 Å². The number of benzene rings is 2. The molecule has 2 aromatic rings. The first-order valence-electron chi connectivity index (χ1n) is 6.82. The standard InChI is InChI=1S/C17H21NO2/c1-20-13-16-4-2-3-15(11-16)12-18-17-7-5-14(6-8-17)9-10-19/h2-8,11,18-19H,9-10,12-13H2,1H3. The van der Waals surface area contributed by atoms with Crippen molar-refractivity contribution in [2.75, 3.05) is 19.0 Å². The van der Waals surface area contributed by atoms with Crippen LogP contribution in [-0.4, -0.2) is 18.8 Å². The maximum absolute atomic E-state index is 8.88. The van der Waals surface area contributed by atoms with E-state index >= 15 is 0 Å². The van der Waals surface area contributed by atoms with Gasteiger partial charge in [-0.1, -0.05) is 36.4 Å². The van der Waals surface area contributed by atoms with Gasteiger partial charge in [-0.3, -0.25) is 0 Å². The Labute approximate surface area is 120 Å². The average Bonchev–Trinajstić information content (AvgIpc) is 2.48. The predicted molar refractivity (Wildman–Crippen MR) is 81.7 cm³/mol. The number of methoxy groups -OCH3 is 1. The van der Waals surface area contributed by atoms with E-state index in [2.05, 4.69) is 29.6 Å². The number of anilines is 1. The molecule has 20 heavy (non-hydrogen) atoms. The normalized spacial score (nSPS) is 10.5. The fraction of sp³-hybridized carbons (Fsp3) is 0.294. The van der Waals surface area contributed by atoms with E-state index < -0.39 is 0 Å². The van der Waals surface area contributed by atoms with Gasteiger partial charge in [0.25, 0.3) is 0 Å². The molecule has 0 amide bonds. The molecule has 0 heterocycles. The molecule has 0 atom stereocenters. The second kappa shape index (κ2) is 7.68. The number of aliphatic hydroxyl groups excluding tert-OH is 1. The number of aliphatic hydroxyl groups is 1. The zero-order chi connectivity index (χ0) is 14.2. The van der Waals surface area contributed by atoms with Crippen molar-refractivity contribution in [1.29, 1.82) is 0 Å². The second-order valence-corrected chi connectivity index (χ2v) is 4.78. The van der Waals surface area contributed by atoms with Crippen LogP contribution in [0.3, 0.4) is 0 Å². The molecule has 0 bridgehead atoms. The zero-order valence-corrected chi connectivity index (χ0v) is 11.8. The molecule has 3 nitrogen and oxygen atoms in total. The van der Waals surface area contributed by atoms with Gasteiger partial charge in [-0.05, 0) is 35.2 Å². The van der Waals surface area contributed by atoms with Gasteiger partial charge in [-0.2, -0.15) is 0 Å². The molecule has 0 spiro atoms. The number of hydrogen-bond acceptors (Lipinski definition) is 3. The third kappa shape index (κ3) is 4.37. The Morgan fingerprint density at radius 2 is 1.75 bits per heavy atom. The lowest BCUT2D eigenvalue weighted by molar-refractivity contribution is 0.185. The van der Waals surface area contributed by atoms with Crippen molar-refractivity contribution in [1.82, 2.24) is 0 Å². The number of rotatable bonds is 7. The first kappa shape index (κ1) is 14.6. The van der Waals surface area contributed by atoms with Gasteiger partial charge in [0.15, 0.2) is 0 Å². The summed E-state index contributed by atoms with van der Waals surface area (Å²) in [4.78, 5) is 0. The van der Waals surface area contributed by atoms with Crippen molar-refractivity contribution < 1.29 is 9.84 Å². The van der Waals surface area contributed by atoms with E-state index in [4.69, 9.17) is 9.84 Å². The Morgan fingerprint density at radius 3 is 2.45 bits per heavy atom. The van der Waals surface area contributed by atoms with E-state index in [1.54, 1.807) is 7.11 Å². The molecule has 2 rings (SSSR count). The molecule has 106 valence electrons. The largest absolute Gasteiger partial charge is 0.396 e. The molecule has 0 unspecified atom stereocenters. The molecule has 0 aromatic heterocycles. The summed E-state index contributed by atoms with van der Waals surface area (Å²) in [6.45, 7) is 1.62. The van der Waals surface area contributed by atoms with Crippen LogP contribution in [0, 0.1) is 0 Å². The smallest absolute Gasteiger partial charge is 0.0713 e. The summed E-state index contributed by atoms with van der Waals surface area (Å²) in [5.41, 5.74) is 4.66. The van der Waals surface area contributed by atoms with Crippen LogP contribution in [0.1, 0.15) is 16.7 Å². The third-order valence-corrected chi connectivity index (χ3v) is 3.15. The Morgan fingerprint density at radius 1 is 1.00 bits per heavy atom. The average molecular weight is 271 g/mol. The van der Waals surface area contributed by atoms with Crippen LogP contribution >= 0.6 is 0 Å². The van der Waals surface area contributed by atoms with Crippen LogP contribution in [0.5, 0.6) is 0 Å². The van der Waals surface area contributed by atoms with Crippen LogP contribution in [0.15, 0.2) is 48.5 Å². The third-order valence-electron chi connectivity index (χ3n) is 3.15. The monoisotopic (exact) mass is 271 g/mol. The molecule has 0 saturated carbocycles. The van der Waals surface area contributed by atoms with E-state index in [9.17, 15) is 0 Å². The topological polar surface area (TPSA) is 41.5 Å². The Kier molecular flexibility index (Phi) is 5.59. The molecule has 0 fully saturated rings. The lowest BCUT2D eigenvalue weighted by Gasteiger charge is -2.09. The molecule has 0 radical (unpaired) electrons. The highest BCUT2D eigenvalue weighted by Gasteiger charge is 1.98. The first-order chi connectivity index (χ1) is 9.81. The Bertz CT molecular complexity index is 523. The SMILES string of the molecule is COCc1cccc(CNc2ccc(CCO)cc2)c1. The minimum atomic E-state index is 0.194. The van der Waals surface area contributed by atoms with Gasteiger partial charge in [0.05, 0.1) is 6.61 Å². The van der Waals surface area contributed by atoms with Gasteiger partial charge in [-0.25, -0.2) is 0 Å². The van der Waals surface area contributed by atoms with Crippen LogP contribution in [0.2, 0.25) is 0 Å². The molecule has 0 aliphatic heterocycles. The van der Waals surface area contributed by atoms with Gasteiger partial charge in [0.1, 0.15) is 0 Å². The van der Waals surface area contributed by atoms with Crippen molar-refractivity contribution >= 4 is 5.69 Å². The van der Waals surface area contributed by atoms with Crippen molar-refractivity contribution in [2.24, 2.45) is 0 Å². The molecule has 3 heteroatoms. The van der Waals surface area contributed by atoms with E-state index in [1.165, 1.54) is 11.1 Å². The van der Waals surface area contributed by atoms with Gasteiger partial charge >= 0.3 is 0 Å². The van der Waals surface area contributed by atoms with E-state index in [1.807, 2.05) is 24.3 Å². The second-order valence-electron chi connectivity index (χ2n) is 4.78. The lowest BCUT2D eigenvalue weighted by Crippen LogP contribution is -2.00. The van der Waals surface area contributed by atoms with Crippen LogP contribution in [0.4, 0.5) is 5.69 Å². The molecule has 2 N–H and O–H groups in total. The van der Waals surface area contributed by atoms with Gasteiger partial charge < -0.3 is 15.2 Å². The number of nitrogens with one attached hydrogen (secondary N) is 1. The van der Waals surface area contributed by atoms with Gasteiger partial charge in [0.2, 0.25) is 0 Å². The van der Waals surface area contributed by atoms with E-state index in [0.717, 1.165) is 17.8 Å². The summed E-state index contributed by atoms with van der Waals surface area (Å²) < 4.78 is 5.14. The fourth-order valence-corrected chi connectivity index (χ4v) is 2.12. The highest BCUT2D eigenvalue weighted by molar-refractivity contribution is 5.45. The summed E-state index contributed by atoms with van der Waals surface area (Å²) >= 11 is 0. The lowest BCUT2D eigenvalue weighted by atomic mass is 10.1. The van der Waals surface area contributed by atoms with Crippen molar-refractivity contribution in [3.63, 3.8) is 0 Å². The molecule has 0 aliphatic carbocycles. The zero-order valence-electron chi connectivity index (χ0n) is 11.8. The predicted octanol–water partition coefficient (Wildman–Crippen LogP) is 2.98. The van der Waals surface area contributed by atoms with Crippen molar-refractivity contribution in [3.05, 3.63) is 65.2 Å². The minimum Gasteiger partial charge on any atom is -0.396 e. The van der Waals surface area contributed by atoms with Crippen molar-refractivity contribution in [2.45, 2.75) is 19.6 Å². The minimum absolute atomic E-state index is 0.194. The summed E-state index contributed by atoms with van der Waals surface area (Å²) in [5, 5.41) is 12.3. The molecule has 2 aromatic carbocycles. The summed E-state index contributed by atoms with van der Waals surface area (Å²) in [7, 11) is 1.71. The maximum Gasteiger partial charge on any atom is 0.0713 e. The van der Waals surface area contributed by atoms with Crippen LogP contribution in [-0.2, 0) is 24.3 Å². The Balaban J connectivity index is 1.92. The molecule has 0 aliphatic rings. The number of ether oxygens (including phenoxy) is 1. The molecular formula is C17H21NO2. The van der Waals surface area contributed by atoms with Gasteiger partial charge in [-0.15, -0.1) is 0 Å². The highest BCUT2D eigenvalue weighted by Crippen LogP contribution is 2.13. The summed E-state index contributed by atoms with van der Waals surface area (Å²) in [6.07, 6.45) is 0.708. The van der Waals surface area contributed by atoms with Crippen LogP contribution in [0.25, 0.3) is 0 Å². The summed E-state index contributed by atoms with van der Waals surface area (Å²) in [5.74, 6) is 0. The highest BCUT2D eigenvalue weighted by atomic mass is 16.5. The molecule has 0 saturated heterocycles. The summed E-state index contributed by atoms with van der Waals surface area (Å²) in [6, 6.07) is 16.5. The Hall–Kier alpha value is -1.84. The van der Waals surface area contributed by atoms with Gasteiger partial charge in [0, 0.05) is 25.9 Å². The quantitative estimate of drug-likeness (QED) is 0.813. The van der Waals surface area contributed by atoms with Crippen LogP contribution < -0.4 is 5.32 Å². The van der Waals surface area contributed by atoms with E-state index in [0.29, 0.717) is 13.0 Å². The first-order valence-corrected chi connectivity index (χ1v) is 6.82. The fourth-order valence-electron chi connectivity index (χ4n) is 2.12.